The maximum absolute atomic E-state index is 3.66. The highest BCUT2D eigenvalue weighted by Gasteiger charge is 2.47. The van der Waals surface area contributed by atoms with Crippen molar-refractivity contribution in [2.75, 3.05) is 19.6 Å². The topological polar surface area (TPSA) is 15.3 Å². The van der Waals surface area contributed by atoms with Crippen molar-refractivity contribution in [3.05, 3.63) is 0 Å². The fourth-order valence-corrected chi connectivity index (χ4v) is 3.00. The Morgan fingerprint density at radius 1 is 1.25 bits per heavy atom. The third kappa shape index (κ3) is 2.60. The molecule has 1 aliphatic heterocycles. The molecule has 1 N–H and O–H groups in total. The Hall–Kier alpha value is -0.0800. The van der Waals surface area contributed by atoms with Crippen LogP contribution in [0.1, 0.15) is 47.5 Å². The van der Waals surface area contributed by atoms with Gasteiger partial charge in [-0.1, -0.05) is 20.8 Å². The molecular formula is C14H28N2. The summed E-state index contributed by atoms with van der Waals surface area (Å²) in [5, 5.41) is 3.66. The van der Waals surface area contributed by atoms with Crippen molar-refractivity contribution in [3.63, 3.8) is 0 Å². The lowest BCUT2D eigenvalue weighted by Crippen LogP contribution is -2.61. The fraction of sp³-hybridized carbons (Fsp3) is 1.00. The summed E-state index contributed by atoms with van der Waals surface area (Å²) in [4.78, 5) is 2.73. The molecule has 16 heavy (non-hydrogen) atoms. The first-order valence-corrected chi connectivity index (χ1v) is 6.83. The molecule has 2 aliphatic rings. The minimum Gasteiger partial charge on any atom is -0.309 e. The minimum absolute atomic E-state index is 0.296. The molecule has 2 unspecified atom stereocenters. The standard InChI is InChI=1S/C14H28N2/c1-6-12-8-15-14(4,5)10-16(12)9-11-7-13(11,2)3/h11-12,15H,6-10H2,1-5H3. The van der Waals surface area contributed by atoms with Crippen LogP contribution in [-0.2, 0) is 0 Å². The first kappa shape index (κ1) is 12.4. The summed E-state index contributed by atoms with van der Waals surface area (Å²) in [5.41, 5.74) is 0.915. The van der Waals surface area contributed by atoms with Crippen molar-refractivity contribution in [1.82, 2.24) is 10.2 Å². The zero-order chi connectivity index (χ0) is 12.0. The Morgan fingerprint density at radius 3 is 2.38 bits per heavy atom. The first-order valence-electron chi connectivity index (χ1n) is 6.83. The van der Waals surface area contributed by atoms with Crippen molar-refractivity contribution in [3.8, 4) is 0 Å². The molecule has 0 bridgehead atoms. The monoisotopic (exact) mass is 224 g/mol. The van der Waals surface area contributed by atoms with Gasteiger partial charge in [-0.15, -0.1) is 0 Å². The molecule has 2 fully saturated rings. The maximum Gasteiger partial charge on any atom is 0.0252 e. The molecule has 1 saturated carbocycles. The quantitative estimate of drug-likeness (QED) is 0.792. The molecule has 0 radical (unpaired) electrons. The molecule has 0 amide bonds. The van der Waals surface area contributed by atoms with Crippen LogP contribution in [0.4, 0.5) is 0 Å². The van der Waals surface area contributed by atoms with Crippen LogP contribution in [0.15, 0.2) is 0 Å². The second-order valence-corrected chi connectivity index (χ2v) is 7.15. The number of nitrogens with zero attached hydrogens (tertiary/aromatic N) is 1. The van der Waals surface area contributed by atoms with Crippen LogP contribution >= 0.6 is 0 Å². The van der Waals surface area contributed by atoms with Crippen molar-refractivity contribution in [1.29, 1.82) is 0 Å². The molecule has 2 nitrogen and oxygen atoms in total. The third-order valence-electron chi connectivity index (χ3n) is 4.57. The number of rotatable bonds is 3. The normalized spacial score (nSPS) is 37.3. The van der Waals surface area contributed by atoms with Crippen LogP contribution in [0.3, 0.4) is 0 Å². The van der Waals surface area contributed by atoms with Crippen LogP contribution in [-0.4, -0.2) is 36.1 Å². The van der Waals surface area contributed by atoms with Gasteiger partial charge >= 0.3 is 0 Å². The van der Waals surface area contributed by atoms with Crippen LogP contribution < -0.4 is 5.32 Å². The Bertz CT molecular complexity index is 257. The van der Waals surface area contributed by atoms with Gasteiger partial charge in [-0.05, 0) is 38.0 Å². The Kier molecular flexibility index (Phi) is 3.09. The second kappa shape index (κ2) is 3.99. The number of hydrogen-bond acceptors (Lipinski definition) is 2. The molecule has 2 heteroatoms. The summed E-state index contributed by atoms with van der Waals surface area (Å²) >= 11 is 0. The van der Waals surface area contributed by atoms with Gasteiger partial charge in [0.15, 0.2) is 0 Å². The molecular weight excluding hydrogens is 196 g/mol. The van der Waals surface area contributed by atoms with Gasteiger partial charge in [0.1, 0.15) is 0 Å². The highest BCUT2D eigenvalue weighted by molar-refractivity contribution is 5.00. The van der Waals surface area contributed by atoms with Gasteiger partial charge in [-0.2, -0.15) is 0 Å². The lowest BCUT2D eigenvalue weighted by Gasteiger charge is -2.44. The van der Waals surface area contributed by atoms with Gasteiger partial charge in [-0.3, -0.25) is 4.90 Å². The highest BCUT2D eigenvalue weighted by Crippen LogP contribution is 2.52. The van der Waals surface area contributed by atoms with E-state index in [0.717, 1.165) is 18.5 Å². The molecule has 2 rings (SSSR count). The Morgan fingerprint density at radius 2 is 1.88 bits per heavy atom. The van der Waals surface area contributed by atoms with Crippen molar-refractivity contribution >= 4 is 0 Å². The van der Waals surface area contributed by atoms with Crippen LogP contribution in [0.25, 0.3) is 0 Å². The molecule has 2 atom stereocenters. The molecule has 1 heterocycles. The van der Waals surface area contributed by atoms with E-state index in [9.17, 15) is 0 Å². The lowest BCUT2D eigenvalue weighted by molar-refractivity contribution is 0.0847. The van der Waals surface area contributed by atoms with Gasteiger partial charge in [0.25, 0.3) is 0 Å². The van der Waals surface area contributed by atoms with Crippen LogP contribution in [0.2, 0.25) is 0 Å². The second-order valence-electron chi connectivity index (χ2n) is 7.15. The molecule has 0 aromatic carbocycles. The minimum atomic E-state index is 0.296. The number of piperazine rings is 1. The van der Waals surface area contributed by atoms with Gasteiger partial charge < -0.3 is 5.32 Å². The van der Waals surface area contributed by atoms with E-state index in [4.69, 9.17) is 0 Å². The van der Waals surface area contributed by atoms with E-state index in [-0.39, 0.29) is 0 Å². The van der Waals surface area contributed by atoms with Gasteiger partial charge in [0.05, 0.1) is 0 Å². The SMILES string of the molecule is CCC1CNC(C)(C)CN1CC1CC1(C)C. The summed E-state index contributed by atoms with van der Waals surface area (Å²) in [7, 11) is 0. The molecule has 0 aromatic heterocycles. The molecule has 94 valence electrons. The Labute approximate surface area is 101 Å². The molecule has 1 saturated heterocycles. The van der Waals surface area contributed by atoms with E-state index >= 15 is 0 Å². The van der Waals surface area contributed by atoms with Gasteiger partial charge in [0, 0.05) is 31.2 Å². The first-order chi connectivity index (χ1) is 7.34. The van der Waals surface area contributed by atoms with Crippen LogP contribution in [0, 0.1) is 11.3 Å². The average Bonchev–Trinajstić information content (AvgIpc) is 2.72. The Balaban J connectivity index is 1.94. The third-order valence-corrected chi connectivity index (χ3v) is 4.57. The highest BCUT2D eigenvalue weighted by atomic mass is 15.3. The number of nitrogens with one attached hydrogen (secondary N) is 1. The van der Waals surface area contributed by atoms with E-state index < -0.39 is 0 Å². The summed E-state index contributed by atoms with van der Waals surface area (Å²) in [6.45, 7) is 15.5. The van der Waals surface area contributed by atoms with Gasteiger partial charge in [-0.25, -0.2) is 0 Å². The maximum atomic E-state index is 3.66. The van der Waals surface area contributed by atoms with E-state index in [1.807, 2.05) is 0 Å². The number of hydrogen-bond donors (Lipinski definition) is 1. The van der Waals surface area contributed by atoms with E-state index in [1.165, 1.54) is 25.9 Å². The van der Waals surface area contributed by atoms with Crippen molar-refractivity contribution < 1.29 is 0 Å². The summed E-state index contributed by atoms with van der Waals surface area (Å²) in [6.07, 6.45) is 2.70. The van der Waals surface area contributed by atoms with Gasteiger partial charge in [0.2, 0.25) is 0 Å². The molecule has 1 aliphatic carbocycles. The lowest BCUT2D eigenvalue weighted by atomic mass is 9.96. The zero-order valence-corrected chi connectivity index (χ0v) is 11.6. The summed E-state index contributed by atoms with van der Waals surface area (Å²) in [5.74, 6) is 0.940. The van der Waals surface area contributed by atoms with Crippen molar-refractivity contribution in [2.45, 2.75) is 59.0 Å². The smallest absolute Gasteiger partial charge is 0.0252 e. The molecule has 0 spiro atoms. The largest absolute Gasteiger partial charge is 0.309 e. The van der Waals surface area contributed by atoms with E-state index in [0.29, 0.717) is 11.0 Å². The predicted octanol–water partition coefficient (Wildman–Crippen LogP) is 2.49. The predicted molar refractivity (Wildman–Crippen MR) is 69.6 cm³/mol. The van der Waals surface area contributed by atoms with E-state index in [2.05, 4.69) is 44.8 Å². The zero-order valence-electron chi connectivity index (χ0n) is 11.6. The van der Waals surface area contributed by atoms with E-state index in [1.54, 1.807) is 0 Å². The van der Waals surface area contributed by atoms with Crippen molar-refractivity contribution in [2.24, 2.45) is 11.3 Å². The summed E-state index contributed by atoms with van der Waals surface area (Å²) < 4.78 is 0. The summed E-state index contributed by atoms with van der Waals surface area (Å²) in [6, 6.07) is 0.754. The van der Waals surface area contributed by atoms with Crippen LogP contribution in [0.5, 0.6) is 0 Å². The molecule has 0 aromatic rings. The fourth-order valence-electron chi connectivity index (χ4n) is 3.00. The average molecular weight is 224 g/mol.